The fourth-order valence-corrected chi connectivity index (χ4v) is 0.770. The van der Waals surface area contributed by atoms with Gasteiger partial charge in [0.25, 0.3) is 0 Å². The summed E-state index contributed by atoms with van der Waals surface area (Å²) in [5.74, 6) is 0. The summed E-state index contributed by atoms with van der Waals surface area (Å²) < 4.78 is 43.4. The number of unbranched alkanes of at least 4 members (excludes halogenated alkanes) is 1. The molecule has 0 saturated carbocycles. The SMILES string of the molecule is CC(C)(C)OCCCCOC(F)(F)F. The van der Waals surface area contributed by atoms with Crippen LogP contribution in [0.5, 0.6) is 0 Å². The van der Waals surface area contributed by atoms with Gasteiger partial charge in [-0.2, -0.15) is 0 Å². The van der Waals surface area contributed by atoms with Gasteiger partial charge in [0.05, 0.1) is 12.2 Å². The van der Waals surface area contributed by atoms with Gasteiger partial charge in [-0.15, -0.1) is 13.2 Å². The standard InChI is InChI=1S/C9H17F3O2/c1-8(2,3)13-6-4-5-7-14-9(10,11)12/h4-7H2,1-3H3. The summed E-state index contributed by atoms with van der Waals surface area (Å²) in [7, 11) is 0. The predicted octanol–water partition coefficient (Wildman–Crippen LogP) is 3.12. The quantitative estimate of drug-likeness (QED) is 0.654. The Balaban J connectivity index is 3.23. The second kappa shape index (κ2) is 5.56. The van der Waals surface area contributed by atoms with Crippen molar-refractivity contribution < 1.29 is 22.6 Å². The fourth-order valence-electron chi connectivity index (χ4n) is 0.770. The van der Waals surface area contributed by atoms with E-state index in [1.54, 1.807) is 0 Å². The molecule has 0 saturated heterocycles. The van der Waals surface area contributed by atoms with Gasteiger partial charge in [0.15, 0.2) is 0 Å². The Morgan fingerprint density at radius 1 is 0.857 bits per heavy atom. The Morgan fingerprint density at radius 3 is 1.64 bits per heavy atom. The molecule has 0 fully saturated rings. The van der Waals surface area contributed by atoms with Crippen molar-refractivity contribution in [3.8, 4) is 0 Å². The summed E-state index contributed by atoms with van der Waals surface area (Å²) in [4.78, 5) is 0. The first-order chi connectivity index (χ1) is 6.21. The molecular formula is C9H17F3O2. The third-order valence-corrected chi connectivity index (χ3v) is 1.34. The van der Waals surface area contributed by atoms with E-state index in [0.717, 1.165) is 0 Å². The van der Waals surface area contributed by atoms with Crippen molar-refractivity contribution in [3.05, 3.63) is 0 Å². The van der Waals surface area contributed by atoms with Gasteiger partial charge < -0.3 is 4.74 Å². The lowest BCUT2D eigenvalue weighted by Gasteiger charge is -2.19. The van der Waals surface area contributed by atoms with E-state index in [-0.39, 0.29) is 12.2 Å². The highest BCUT2D eigenvalue weighted by molar-refractivity contribution is 4.58. The number of halogens is 3. The lowest BCUT2D eigenvalue weighted by Crippen LogP contribution is -2.20. The molecule has 0 amide bonds. The summed E-state index contributed by atoms with van der Waals surface area (Å²) in [6, 6.07) is 0. The van der Waals surface area contributed by atoms with Crippen LogP contribution in [0.25, 0.3) is 0 Å². The molecular weight excluding hydrogens is 197 g/mol. The van der Waals surface area contributed by atoms with Crippen LogP contribution in [0.3, 0.4) is 0 Å². The first kappa shape index (κ1) is 13.7. The van der Waals surface area contributed by atoms with Crippen molar-refractivity contribution in [3.63, 3.8) is 0 Å². The van der Waals surface area contributed by atoms with Crippen LogP contribution >= 0.6 is 0 Å². The van der Waals surface area contributed by atoms with E-state index in [1.165, 1.54) is 0 Å². The molecule has 0 aliphatic rings. The van der Waals surface area contributed by atoms with E-state index in [4.69, 9.17) is 4.74 Å². The summed E-state index contributed by atoms with van der Waals surface area (Å²) in [5, 5.41) is 0. The maximum absolute atomic E-state index is 11.5. The molecule has 0 unspecified atom stereocenters. The van der Waals surface area contributed by atoms with Crippen molar-refractivity contribution >= 4 is 0 Å². The molecule has 0 aliphatic carbocycles. The molecule has 0 radical (unpaired) electrons. The van der Waals surface area contributed by atoms with E-state index in [0.29, 0.717) is 19.4 Å². The van der Waals surface area contributed by atoms with Crippen LogP contribution in [0.1, 0.15) is 33.6 Å². The Kier molecular flexibility index (Phi) is 5.44. The monoisotopic (exact) mass is 214 g/mol. The van der Waals surface area contributed by atoms with E-state index in [2.05, 4.69) is 4.74 Å². The smallest absolute Gasteiger partial charge is 0.376 e. The lowest BCUT2D eigenvalue weighted by atomic mass is 10.2. The molecule has 0 bridgehead atoms. The molecule has 86 valence electrons. The zero-order valence-electron chi connectivity index (χ0n) is 8.78. The normalized spacial score (nSPS) is 13.3. The average Bonchev–Trinajstić information content (AvgIpc) is 1.92. The maximum Gasteiger partial charge on any atom is 0.522 e. The summed E-state index contributed by atoms with van der Waals surface area (Å²) >= 11 is 0. The minimum Gasteiger partial charge on any atom is -0.376 e. The molecule has 0 aromatic heterocycles. The number of hydrogen-bond donors (Lipinski definition) is 0. The Hall–Kier alpha value is -0.290. The molecule has 14 heavy (non-hydrogen) atoms. The lowest BCUT2D eigenvalue weighted by molar-refractivity contribution is -0.324. The third kappa shape index (κ3) is 11.7. The van der Waals surface area contributed by atoms with Crippen LogP contribution in [0.15, 0.2) is 0 Å². The second-order valence-electron chi connectivity index (χ2n) is 3.96. The number of hydrogen-bond acceptors (Lipinski definition) is 2. The Bertz CT molecular complexity index is 131. The summed E-state index contributed by atoms with van der Waals surface area (Å²) in [6.45, 7) is 5.87. The zero-order valence-corrected chi connectivity index (χ0v) is 8.78. The van der Waals surface area contributed by atoms with Gasteiger partial charge >= 0.3 is 6.36 Å². The van der Waals surface area contributed by atoms with Crippen LogP contribution in [0, 0.1) is 0 Å². The molecule has 5 heteroatoms. The van der Waals surface area contributed by atoms with Gasteiger partial charge in [-0.25, -0.2) is 0 Å². The highest BCUT2D eigenvalue weighted by atomic mass is 19.4. The molecule has 0 aromatic carbocycles. The first-order valence-corrected chi connectivity index (χ1v) is 4.55. The predicted molar refractivity (Wildman–Crippen MR) is 46.9 cm³/mol. The molecule has 2 nitrogen and oxygen atoms in total. The largest absolute Gasteiger partial charge is 0.522 e. The highest BCUT2D eigenvalue weighted by Gasteiger charge is 2.28. The topological polar surface area (TPSA) is 18.5 Å². The molecule has 0 aromatic rings. The zero-order chi connectivity index (χ0) is 11.2. The van der Waals surface area contributed by atoms with Crippen molar-refractivity contribution in [2.45, 2.75) is 45.6 Å². The van der Waals surface area contributed by atoms with Gasteiger partial charge in [0.1, 0.15) is 0 Å². The molecule has 0 N–H and O–H groups in total. The van der Waals surface area contributed by atoms with Crippen molar-refractivity contribution in [1.29, 1.82) is 0 Å². The molecule has 0 rings (SSSR count). The van der Waals surface area contributed by atoms with E-state index in [1.807, 2.05) is 20.8 Å². The van der Waals surface area contributed by atoms with Crippen molar-refractivity contribution in [2.24, 2.45) is 0 Å². The average molecular weight is 214 g/mol. The Morgan fingerprint density at radius 2 is 1.29 bits per heavy atom. The van der Waals surface area contributed by atoms with Gasteiger partial charge in [-0.1, -0.05) is 0 Å². The van der Waals surface area contributed by atoms with Crippen LogP contribution in [-0.4, -0.2) is 25.2 Å². The van der Waals surface area contributed by atoms with Gasteiger partial charge in [-0.05, 0) is 33.6 Å². The van der Waals surface area contributed by atoms with Crippen LogP contribution in [0.4, 0.5) is 13.2 Å². The fraction of sp³-hybridized carbons (Fsp3) is 1.00. The minimum atomic E-state index is -4.51. The minimum absolute atomic E-state index is 0.231. The van der Waals surface area contributed by atoms with E-state index < -0.39 is 6.36 Å². The summed E-state index contributed by atoms with van der Waals surface area (Å²) in [5.41, 5.74) is -0.231. The van der Waals surface area contributed by atoms with Crippen LogP contribution < -0.4 is 0 Å². The van der Waals surface area contributed by atoms with E-state index >= 15 is 0 Å². The highest BCUT2D eigenvalue weighted by Crippen LogP contribution is 2.16. The van der Waals surface area contributed by atoms with E-state index in [9.17, 15) is 13.2 Å². The number of ether oxygens (including phenoxy) is 2. The third-order valence-electron chi connectivity index (χ3n) is 1.34. The Labute approximate surface area is 82.4 Å². The number of alkyl halides is 3. The van der Waals surface area contributed by atoms with Crippen molar-refractivity contribution in [2.75, 3.05) is 13.2 Å². The molecule has 0 aliphatic heterocycles. The first-order valence-electron chi connectivity index (χ1n) is 4.55. The molecule has 0 spiro atoms. The maximum atomic E-state index is 11.5. The van der Waals surface area contributed by atoms with Gasteiger partial charge in [0.2, 0.25) is 0 Å². The number of rotatable bonds is 5. The van der Waals surface area contributed by atoms with Gasteiger partial charge in [-0.3, -0.25) is 4.74 Å². The van der Waals surface area contributed by atoms with Crippen LogP contribution in [0.2, 0.25) is 0 Å². The van der Waals surface area contributed by atoms with Crippen molar-refractivity contribution in [1.82, 2.24) is 0 Å². The molecule has 0 heterocycles. The second-order valence-corrected chi connectivity index (χ2v) is 3.96. The van der Waals surface area contributed by atoms with Gasteiger partial charge in [0, 0.05) is 6.61 Å². The molecule has 0 atom stereocenters. The summed E-state index contributed by atoms with van der Waals surface area (Å²) in [6.07, 6.45) is -3.58. The van der Waals surface area contributed by atoms with Crippen LogP contribution in [-0.2, 0) is 9.47 Å².